The van der Waals surface area contributed by atoms with Gasteiger partial charge in [0.1, 0.15) is 24.0 Å². The lowest BCUT2D eigenvalue weighted by Crippen LogP contribution is -2.01. The maximum atomic E-state index is 13.1. The summed E-state index contributed by atoms with van der Waals surface area (Å²) in [6, 6.07) is 3.73. The minimum absolute atomic E-state index is 0.0835. The lowest BCUT2D eigenvalue weighted by atomic mass is 10.3. The van der Waals surface area contributed by atoms with Gasteiger partial charge in [-0.15, -0.1) is 0 Å². The third-order valence-electron chi connectivity index (χ3n) is 1.76. The van der Waals surface area contributed by atoms with Gasteiger partial charge >= 0.3 is 0 Å². The summed E-state index contributed by atoms with van der Waals surface area (Å²) in [7, 11) is 0. The van der Waals surface area contributed by atoms with Gasteiger partial charge in [0.15, 0.2) is 0 Å². The molecule has 1 rings (SSSR count). The highest BCUT2D eigenvalue weighted by Gasteiger charge is 2.04. The first kappa shape index (κ1) is 12.1. The number of halogens is 2. The van der Waals surface area contributed by atoms with Crippen LogP contribution in [0.1, 0.15) is 0 Å². The summed E-state index contributed by atoms with van der Waals surface area (Å²) in [5.74, 6) is -1.03. The van der Waals surface area contributed by atoms with Crippen LogP contribution in [0.4, 0.5) is 14.5 Å². The van der Waals surface area contributed by atoms with Crippen LogP contribution in [0, 0.1) is 12.4 Å². The summed E-state index contributed by atoms with van der Waals surface area (Å²) < 4.78 is 30.9. The van der Waals surface area contributed by atoms with Crippen molar-refractivity contribution in [2.75, 3.05) is 13.2 Å². The van der Waals surface area contributed by atoms with Gasteiger partial charge in [0.05, 0.1) is 6.57 Å². The summed E-state index contributed by atoms with van der Waals surface area (Å²) in [5, 5.41) is 0. The Hall–Kier alpha value is -1.93. The molecule has 0 atom stereocenters. The van der Waals surface area contributed by atoms with Gasteiger partial charge < -0.3 is 10.5 Å². The van der Waals surface area contributed by atoms with Crippen molar-refractivity contribution >= 4 is 5.69 Å². The van der Waals surface area contributed by atoms with Gasteiger partial charge in [-0.05, 0) is 18.2 Å². The van der Waals surface area contributed by atoms with E-state index in [9.17, 15) is 8.78 Å². The van der Waals surface area contributed by atoms with E-state index in [0.29, 0.717) is 0 Å². The number of nitrogens with two attached hydrogens (primary N) is 1. The topological polar surface area (TPSA) is 39.6 Å². The first-order chi connectivity index (χ1) is 7.67. The lowest BCUT2D eigenvalue weighted by Gasteiger charge is -2.05. The van der Waals surface area contributed by atoms with Gasteiger partial charge in [-0.1, -0.05) is 0 Å². The zero-order valence-corrected chi connectivity index (χ0v) is 8.41. The molecule has 0 spiro atoms. The molecule has 0 fully saturated rings. The maximum Gasteiger partial charge on any atom is 0.222 e. The third kappa shape index (κ3) is 3.33. The predicted octanol–water partition coefficient (Wildman–Crippen LogP) is 2.57. The molecule has 84 valence electrons. The molecule has 1 aromatic carbocycles. The highest BCUT2D eigenvalue weighted by molar-refractivity contribution is 5.48. The van der Waals surface area contributed by atoms with Gasteiger partial charge in [0.25, 0.3) is 0 Å². The fourth-order valence-electron chi connectivity index (χ4n) is 1.01. The van der Waals surface area contributed by atoms with Gasteiger partial charge in [-0.25, -0.2) is 13.6 Å². The number of rotatable bonds is 4. The molecule has 5 heteroatoms. The number of hydrogen-bond donors (Lipinski definition) is 1. The molecule has 16 heavy (non-hydrogen) atoms. The Morgan fingerprint density at radius 1 is 1.56 bits per heavy atom. The smallest absolute Gasteiger partial charge is 0.222 e. The molecule has 2 N–H and O–H groups in total. The largest absolute Gasteiger partial charge is 0.487 e. The monoisotopic (exact) mass is 224 g/mol. The van der Waals surface area contributed by atoms with Crippen molar-refractivity contribution in [1.82, 2.24) is 0 Å². The van der Waals surface area contributed by atoms with E-state index in [0.717, 1.165) is 6.07 Å². The Morgan fingerprint density at radius 3 is 2.88 bits per heavy atom. The number of ether oxygens (including phenoxy) is 1. The molecular formula is C11H10F2N2O. The van der Waals surface area contributed by atoms with Crippen LogP contribution in [-0.4, -0.2) is 13.2 Å². The van der Waals surface area contributed by atoms with Gasteiger partial charge in [-0.3, -0.25) is 0 Å². The van der Waals surface area contributed by atoms with E-state index in [4.69, 9.17) is 17.0 Å². The zero-order chi connectivity index (χ0) is 12.0. The average molecular weight is 224 g/mol. The second kappa shape index (κ2) is 5.83. The summed E-state index contributed by atoms with van der Waals surface area (Å²) in [4.78, 5) is 2.95. The minimum Gasteiger partial charge on any atom is -0.487 e. The van der Waals surface area contributed by atoms with Gasteiger partial charge in [-0.2, -0.15) is 0 Å². The van der Waals surface area contributed by atoms with Crippen molar-refractivity contribution in [2.45, 2.75) is 0 Å². The SMILES string of the molecule is [C-]#[N+]c1ccc(OC/C(F)=C\CN)cc1F. The molecule has 0 radical (unpaired) electrons. The maximum absolute atomic E-state index is 13.1. The molecular weight excluding hydrogens is 214 g/mol. The molecule has 0 amide bonds. The highest BCUT2D eigenvalue weighted by Crippen LogP contribution is 2.23. The standard InChI is InChI=1S/C11H10F2N2O/c1-15-11-3-2-9(6-10(11)13)16-7-8(12)4-5-14/h2-4,6H,5,7,14H2/b8-4+. The normalized spacial score (nSPS) is 11.0. The third-order valence-corrected chi connectivity index (χ3v) is 1.76. The summed E-state index contributed by atoms with van der Waals surface area (Å²) >= 11 is 0. The lowest BCUT2D eigenvalue weighted by molar-refractivity contribution is 0.317. The van der Waals surface area contributed by atoms with Crippen LogP contribution in [0.2, 0.25) is 0 Å². The quantitative estimate of drug-likeness (QED) is 0.798. The van der Waals surface area contributed by atoms with Crippen molar-refractivity contribution in [1.29, 1.82) is 0 Å². The van der Waals surface area contributed by atoms with E-state index in [1.165, 1.54) is 18.2 Å². The van der Waals surface area contributed by atoms with Gasteiger partial charge in [0.2, 0.25) is 5.69 Å². The van der Waals surface area contributed by atoms with Crippen LogP contribution in [0.15, 0.2) is 30.1 Å². The summed E-state index contributed by atoms with van der Waals surface area (Å²) in [5.41, 5.74) is 5.00. The Kier molecular flexibility index (Phi) is 4.42. The molecule has 3 nitrogen and oxygen atoms in total. The molecule has 1 aromatic rings. The molecule has 0 heterocycles. The number of benzene rings is 1. The number of nitrogens with zero attached hydrogens (tertiary/aromatic N) is 1. The first-order valence-corrected chi connectivity index (χ1v) is 4.51. The Labute approximate surface area is 92.0 Å². The molecule has 0 aliphatic heterocycles. The predicted molar refractivity (Wildman–Crippen MR) is 56.4 cm³/mol. The van der Waals surface area contributed by atoms with Crippen LogP contribution in [0.3, 0.4) is 0 Å². The fourth-order valence-corrected chi connectivity index (χ4v) is 1.01. The molecule has 0 bridgehead atoms. The van der Waals surface area contributed by atoms with Crippen LogP contribution in [0.5, 0.6) is 5.75 Å². The van der Waals surface area contributed by atoms with Crippen molar-refractivity contribution in [3.8, 4) is 5.75 Å². The minimum atomic E-state index is -0.685. The second-order valence-electron chi connectivity index (χ2n) is 2.90. The van der Waals surface area contributed by atoms with E-state index < -0.39 is 11.6 Å². The van der Waals surface area contributed by atoms with E-state index in [1.54, 1.807) is 0 Å². The van der Waals surface area contributed by atoms with Crippen LogP contribution < -0.4 is 10.5 Å². The molecule has 0 aliphatic rings. The first-order valence-electron chi connectivity index (χ1n) is 4.51. The molecule has 0 saturated heterocycles. The van der Waals surface area contributed by atoms with Crippen molar-refractivity contribution in [3.63, 3.8) is 0 Å². The molecule has 0 saturated carbocycles. The van der Waals surface area contributed by atoms with Crippen LogP contribution in [0.25, 0.3) is 4.85 Å². The van der Waals surface area contributed by atoms with Crippen molar-refractivity contribution in [3.05, 3.63) is 47.3 Å². The van der Waals surface area contributed by atoms with Crippen molar-refractivity contribution < 1.29 is 13.5 Å². The zero-order valence-electron chi connectivity index (χ0n) is 8.41. The van der Waals surface area contributed by atoms with Gasteiger partial charge in [0, 0.05) is 12.6 Å². The van der Waals surface area contributed by atoms with Crippen LogP contribution in [-0.2, 0) is 0 Å². The van der Waals surface area contributed by atoms with E-state index in [2.05, 4.69) is 4.85 Å². The Balaban J connectivity index is 2.66. The van der Waals surface area contributed by atoms with Crippen molar-refractivity contribution in [2.24, 2.45) is 5.73 Å². The fraction of sp³-hybridized carbons (Fsp3) is 0.182. The second-order valence-corrected chi connectivity index (χ2v) is 2.90. The van der Waals surface area contributed by atoms with E-state index in [1.807, 2.05) is 0 Å². The average Bonchev–Trinajstić information content (AvgIpc) is 2.27. The molecule has 0 aliphatic carbocycles. The number of hydrogen-bond acceptors (Lipinski definition) is 2. The highest BCUT2D eigenvalue weighted by atomic mass is 19.1. The summed E-state index contributed by atoms with van der Waals surface area (Å²) in [6.45, 7) is 6.43. The summed E-state index contributed by atoms with van der Waals surface area (Å²) in [6.07, 6.45) is 1.17. The van der Waals surface area contributed by atoms with Crippen LogP contribution >= 0.6 is 0 Å². The van der Waals surface area contributed by atoms with E-state index in [-0.39, 0.29) is 24.6 Å². The molecule has 0 unspecified atom stereocenters. The van der Waals surface area contributed by atoms with E-state index >= 15 is 0 Å². The molecule has 0 aromatic heterocycles. The Morgan fingerprint density at radius 2 is 2.31 bits per heavy atom. The Bertz CT molecular complexity index is 438.